The van der Waals surface area contributed by atoms with Gasteiger partial charge in [0.2, 0.25) is 11.7 Å². The molecule has 2 saturated carbocycles. The average molecular weight is 293 g/mol. The van der Waals surface area contributed by atoms with Gasteiger partial charge in [0.25, 0.3) is 0 Å². The van der Waals surface area contributed by atoms with Crippen molar-refractivity contribution in [1.82, 2.24) is 10.1 Å². The van der Waals surface area contributed by atoms with Crippen LogP contribution in [0.25, 0.3) is 0 Å². The fourth-order valence-electron chi connectivity index (χ4n) is 3.81. The highest BCUT2D eigenvalue weighted by molar-refractivity contribution is 5.02. The molecule has 2 fully saturated rings. The van der Waals surface area contributed by atoms with E-state index in [2.05, 4.69) is 10.1 Å². The number of hydrogen-bond acceptors (Lipinski definition) is 5. The summed E-state index contributed by atoms with van der Waals surface area (Å²) in [5.41, 5.74) is 5.98. The molecule has 5 nitrogen and oxygen atoms in total. The molecular weight excluding hydrogens is 266 g/mol. The Bertz CT molecular complexity index is 442. The van der Waals surface area contributed by atoms with Gasteiger partial charge in [-0.2, -0.15) is 4.98 Å². The third kappa shape index (κ3) is 3.46. The Labute approximate surface area is 126 Å². The summed E-state index contributed by atoms with van der Waals surface area (Å²) in [5.74, 6) is 2.39. The Morgan fingerprint density at radius 2 is 2.05 bits per heavy atom. The minimum absolute atomic E-state index is 0.00266. The number of nitrogens with zero attached hydrogens (tertiary/aromatic N) is 2. The molecule has 0 amide bonds. The lowest BCUT2D eigenvalue weighted by Gasteiger charge is -2.27. The van der Waals surface area contributed by atoms with Crippen molar-refractivity contribution >= 4 is 0 Å². The zero-order valence-electron chi connectivity index (χ0n) is 13.0. The van der Waals surface area contributed by atoms with E-state index < -0.39 is 0 Å². The molecule has 0 aliphatic heterocycles. The number of rotatable bonds is 5. The molecule has 1 aromatic rings. The third-order valence-corrected chi connectivity index (χ3v) is 4.96. The zero-order chi connectivity index (χ0) is 14.7. The van der Waals surface area contributed by atoms with Crippen LogP contribution >= 0.6 is 0 Å². The molecule has 2 N–H and O–H groups in total. The molecule has 0 bridgehead atoms. The van der Waals surface area contributed by atoms with Crippen molar-refractivity contribution in [2.75, 3.05) is 6.61 Å². The van der Waals surface area contributed by atoms with Crippen molar-refractivity contribution < 1.29 is 9.26 Å². The van der Waals surface area contributed by atoms with E-state index in [-0.39, 0.29) is 12.1 Å². The molecule has 21 heavy (non-hydrogen) atoms. The Morgan fingerprint density at radius 1 is 1.24 bits per heavy atom. The van der Waals surface area contributed by atoms with E-state index >= 15 is 0 Å². The number of aromatic nitrogens is 2. The Hall–Kier alpha value is -0.940. The van der Waals surface area contributed by atoms with E-state index in [9.17, 15) is 0 Å². The van der Waals surface area contributed by atoms with Crippen LogP contribution < -0.4 is 5.73 Å². The van der Waals surface area contributed by atoms with Gasteiger partial charge in [-0.05, 0) is 44.9 Å². The predicted molar refractivity (Wildman–Crippen MR) is 79.8 cm³/mol. The SMILES string of the molecule is CCOC(c1noc([C@@H]2CC[C@H](N)C2)n1)C1CCCCC1. The first-order chi connectivity index (χ1) is 10.3. The van der Waals surface area contributed by atoms with Gasteiger partial charge in [0.15, 0.2) is 0 Å². The van der Waals surface area contributed by atoms with Crippen LogP contribution in [-0.4, -0.2) is 22.8 Å². The highest BCUT2D eigenvalue weighted by Gasteiger charge is 2.32. The second-order valence-electron chi connectivity index (χ2n) is 6.53. The molecule has 0 aromatic carbocycles. The summed E-state index contributed by atoms with van der Waals surface area (Å²) < 4.78 is 11.5. The van der Waals surface area contributed by atoms with Crippen LogP contribution in [0, 0.1) is 5.92 Å². The third-order valence-electron chi connectivity index (χ3n) is 4.96. The normalized spacial score (nSPS) is 28.9. The molecule has 118 valence electrons. The van der Waals surface area contributed by atoms with Gasteiger partial charge in [0.1, 0.15) is 6.10 Å². The summed E-state index contributed by atoms with van der Waals surface area (Å²) in [4.78, 5) is 4.66. The lowest BCUT2D eigenvalue weighted by molar-refractivity contribution is -0.00145. The minimum Gasteiger partial charge on any atom is -0.370 e. The van der Waals surface area contributed by atoms with Crippen LogP contribution in [-0.2, 0) is 4.74 Å². The monoisotopic (exact) mass is 293 g/mol. The first-order valence-electron chi connectivity index (χ1n) is 8.48. The molecule has 2 aliphatic rings. The van der Waals surface area contributed by atoms with Crippen LogP contribution in [0.5, 0.6) is 0 Å². The van der Waals surface area contributed by atoms with E-state index in [4.69, 9.17) is 15.0 Å². The van der Waals surface area contributed by atoms with Crippen LogP contribution in [0.15, 0.2) is 4.52 Å². The summed E-state index contributed by atoms with van der Waals surface area (Å²) in [5, 5.41) is 4.23. The van der Waals surface area contributed by atoms with Crippen molar-refractivity contribution in [3.63, 3.8) is 0 Å². The van der Waals surface area contributed by atoms with Gasteiger partial charge in [-0.25, -0.2) is 0 Å². The van der Waals surface area contributed by atoms with Crippen molar-refractivity contribution in [2.45, 2.75) is 76.4 Å². The van der Waals surface area contributed by atoms with E-state index in [0.29, 0.717) is 18.4 Å². The fourth-order valence-corrected chi connectivity index (χ4v) is 3.81. The van der Waals surface area contributed by atoms with Crippen molar-refractivity contribution in [2.24, 2.45) is 11.7 Å². The van der Waals surface area contributed by atoms with Crippen LogP contribution in [0.2, 0.25) is 0 Å². The summed E-state index contributed by atoms with van der Waals surface area (Å²) in [6, 6.07) is 0.284. The van der Waals surface area contributed by atoms with Crippen LogP contribution in [0.4, 0.5) is 0 Å². The number of hydrogen-bond donors (Lipinski definition) is 1. The first-order valence-corrected chi connectivity index (χ1v) is 8.48. The first kappa shape index (κ1) is 15.0. The van der Waals surface area contributed by atoms with Gasteiger partial charge < -0.3 is 15.0 Å². The van der Waals surface area contributed by atoms with E-state index in [1.165, 1.54) is 32.1 Å². The average Bonchev–Trinajstić information content (AvgIpc) is 3.14. The van der Waals surface area contributed by atoms with E-state index in [0.717, 1.165) is 31.0 Å². The quantitative estimate of drug-likeness (QED) is 0.901. The van der Waals surface area contributed by atoms with Crippen molar-refractivity contribution in [3.05, 3.63) is 11.7 Å². The van der Waals surface area contributed by atoms with Gasteiger partial charge >= 0.3 is 0 Å². The summed E-state index contributed by atoms with van der Waals surface area (Å²) in [6.07, 6.45) is 9.42. The largest absolute Gasteiger partial charge is 0.370 e. The van der Waals surface area contributed by atoms with Crippen LogP contribution in [0.1, 0.15) is 82.0 Å². The topological polar surface area (TPSA) is 74.2 Å². The second kappa shape index (κ2) is 6.88. The van der Waals surface area contributed by atoms with Crippen LogP contribution in [0.3, 0.4) is 0 Å². The maximum Gasteiger partial charge on any atom is 0.229 e. The summed E-state index contributed by atoms with van der Waals surface area (Å²) in [6.45, 7) is 2.73. The predicted octanol–water partition coefficient (Wildman–Crippen LogP) is 3.32. The molecule has 0 radical (unpaired) electrons. The smallest absolute Gasteiger partial charge is 0.229 e. The maximum absolute atomic E-state index is 5.98. The molecule has 1 unspecified atom stereocenters. The molecule has 0 saturated heterocycles. The Kier molecular flexibility index (Phi) is 4.91. The molecule has 5 heteroatoms. The van der Waals surface area contributed by atoms with Gasteiger partial charge in [-0.15, -0.1) is 0 Å². The van der Waals surface area contributed by atoms with Gasteiger partial charge in [0, 0.05) is 18.6 Å². The van der Waals surface area contributed by atoms with Crippen molar-refractivity contribution in [1.29, 1.82) is 0 Å². The summed E-state index contributed by atoms with van der Waals surface area (Å²) in [7, 11) is 0. The van der Waals surface area contributed by atoms with Gasteiger partial charge in [-0.1, -0.05) is 24.4 Å². The number of nitrogens with two attached hydrogens (primary N) is 1. The lowest BCUT2D eigenvalue weighted by Crippen LogP contribution is -2.20. The van der Waals surface area contributed by atoms with Gasteiger partial charge in [0.05, 0.1) is 0 Å². The molecule has 0 spiro atoms. The highest BCUT2D eigenvalue weighted by atomic mass is 16.5. The van der Waals surface area contributed by atoms with E-state index in [1.807, 2.05) is 6.92 Å². The molecule has 3 rings (SSSR count). The Morgan fingerprint density at radius 3 is 2.71 bits per heavy atom. The fraction of sp³-hybridized carbons (Fsp3) is 0.875. The molecular formula is C16H27N3O2. The van der Waals surface area contributed by atoms with Gasteiger partial charge in [-0.3, -0.25) is 0 Å². The maximum atomic E-state index is 5.98. The second-order valence-corrected chi connectivity index (χ2v) is 6.53. The lowest BCUT2D eigenvalue weighted by atomic mass is 9.85. The summed E-state index contributed by atoms with van der Waals surface area (Å²) >= 11 is 0. The Balaban J connectivity index is 1.71. The number of ether oxygens (including phenoxy) is 1. The van der Waals surface area contributed by atoms with E-state index in [1.54, 1.807) is 0 Å². The minimum atomic E-state index is 0.00266. The molecule has 2 aliphatic carbocycles. The zero-order valence-corrected chi connectivity index (χ0v) is 13.0. The highest BCUT2D eigenvalue weighted by Crippen LogP contribution is 2.37. The molecule has 1 heterocycles. The standard InChI is InChI=1S/C16H27N3O2/c1-2-20-14(11-6-4-3-5-7-11)15-18-16(21-19-15)12-8-9-13(17)10-12/h11-14H,2-10,17H2,1H3/t12-,13+,14?/m1/s1. The molecule has 1 aromatic heterocycles. The van der Waals surface area contributed by atoms with Crippen molar-refractivity contribution in [3.8, 4) is 0 Å². The molecule has 3 atom stereocenters.